The quantitative estimate of drug-likeness (QED) is 0.866. The van der Waals surface area contributed by atoms with Crippen LogP contribution in [0.25, 0.3) is 0 Å². The average molecular weight is 243 g/mol. The molecule has 1 heterocycles. The zero-order valence-corrected chi connectivity index (χ0v) is 11.5. The fourth-order valence-electron chi connectivity index (χ4n) is 2.20. The first-order chi connectivity index (χ1) is 8.58. The van der Waals surface area contributed by atoms with Crippen LogP contribution in [0.4, 0.5) is 0 Å². The van der Waals surface area contributed by atoms with E-state index in [9.17, 15) is 0 Å². The van der Waals surface area contributed by atoms with E-state index in [2.05, 4.69) is 55.3 Å². The number of aryl methyl sites for hydroxylation is 3. The number of nitrogens with zero attached hydrogens (tertiary/aromatic N) is 1. The Hall–Kier alpha value is -1.61. The van der Waals surface area contributed by atoms with Crippen LogP contribution in [0.3, 0.4) is 0 Å². The Kier molecular flexibility index (Phi) is 3.82. The normalized spacial score (nSPS) is 12.7. The highest BCUT2D eigenvalue weighted by molar-refractivity contribution is 5.38. The minimum atomic E-state index is 0.346. The van der Waals surface area contributed by atoms with Gasteiger partial charge in [0.1, 0.15) is 0 Å². The SMILES string of the molecule is Cc1cc(C)c(C(C)NCc2cn[nH]c2)cc1C. The van der Waals surface area contributed by atoms with E-state index in [1.165, 1.54) is 27.8 Å². The van der Waals surface area contributed by atoms with Crippen molar-refractivity contribution in [1.82, 2.24) is 15.5 Å². The summed E-state index contributed by atoms with van der Waals surface area (Å²) in [6.45, 7) is 9.55. The van der Waals surface area contributed by atoms with Crippen LogP contribution in [-0.4, -0.2) is 10.2 Å². The largest absolute Gasteiger partial charge is 0.306 e. The Labute approximate surface area is 109 Å². The molecule has 0 aliphatic heterocycles. The van der Waals surface area contributed by atoms with Gasteiger partial charge in [-0.2, -0.15) is 5.10 Å². The van der Waals surface area contributed by atoms with Crippen LogP contribution in [-0.2, 0) is 6.54 Å². The lowest BCUT2D eigenvalue weighted by Crippen LogP contribution is -2.19. The van der Waals surface area contributed by atoms with E-state index in [-0.39, 0.29) is 0 Å². The van der Waals surface area contributed by atoms with Crippen LogP contribution in [0.2, 0.25) is 0 Å². The van der Waals surface area contributed by atoms with E-state index in [4.69, 9.17) is 0 Å². The van der Waals surface area contributed by atoms with E-state index in [1.807, 2.05) is 12.4 Å². The molecule has 1 unspecified atom stereocenters. The van der Waals surface area contributed by atoms with Crippen molar-refractivity contribution in [3.63, 3.8) is 0 Å². The molecule has 0 fully saturated rings. The number of hydrogen-bond donors (Lipinski definition) is 2. The molecule has 18 heavy (non-hydrogen) atoms. The van der Waals surface area contributed by atoms with Crippen LogP contribution < -0.4 is 5.32 Å². The van der Waals surface area contributed by atoms with Crippen LogP contribution in [0, 0.1) is 20.8 Å². The van der Waals surface area contributed by atoms with Gasteiger partial charge < -0.3 is 5.32 Å². The minimum absolute atomic E-state index is 0.346. The molecule has 0 amide bonds. The molecular formula is C15H21N3. The van der Waals surface area contributed by atoms with Gasteiger partial charge in [-0.1, -0.05) is 12.1 Å². The van der Waals surface area contributed by atoms with Gasteiger partial charge in [-0.25, -0.2) is 0 Å². The van der Waals surface area contributed by atoms with Crippen LogP contribution in [0.1, 0.15) is 40.8 Å². The van der Waals surface area contributed by atoms with E-state index < -0.39 is 0 Å². The molecule has 96 valence electrons. The molecule has 1 atom stereocenters. The van der Waals surface area contributed by atoms with Crippen molar-refractivity contribution < 1.29 is 0 Å². The van der Waals surface area contributed by atoms with E-state index >= 15 is 0 Å². The maximum Gasteiger partial charge on any atom is 0.0532 e. The number of benzene rings is 1. The highest BCUT2D eigenvalue weighted by atomic mass is 15.1. The predicted molar refractivity (Wildman–Crippen MR) is 74.5 cm³/mol. The standard InChI is InChI=1S/C15H21N3/c1-10-5-12(3)15(6-11(10)2)13(4)16-7-14-8-17-18-9-14/h5-6,8-9,13,16H,7H2,1-4H3,(H,17,18). The van der Waals surface area contributed by atoms with Gasteiger partial charge in [-0.05, 0) is 49.9 Å². The maximum absolute atomic E-state index is 3.95. The molecule has 3 heteroatoms. The highest BCUT2D eigenvalue weighted by Crippen LogP contribution is 2.21. The second-order valence-corrected chi connectivity index (χ2v) is 5.00. The molecule has 2 aromatic rings. The van der Waals surface area contributed by atoms with Crippen molar-refractivity contribution in [2.45, 2.75) is 40.3 Å². The second-order valence-electron chi connectivity index (χ2n) is 5.00. The number of hydrogen-bond acceptors (Lipinski definition) is 2. The van der Waals surface area contributed by atoms with Gasteiger partial charge in [-0.3, -0.25) is 5.10 Å². The summed E-state index contributed by atoms with van der Waals surface area (Å²) in [5.41, 5.74) is 6.63. The molecule has 0 aliphatic carbocycles. The second kappa shape index (κ2) is 5.36. The molecule has 0 bridgehead atoms. The molecule has 3 nitrogen and oxygen atoms in total. The molecule has 0 aliphatic rings. The smallest absolute Gasteiger partial charge is 0.0532 e. The predicted octanol–water partition coefficient (Wildman–Crippen LogP) is 3.19. The van der Waals surface area contributed by atoms with Gasteiger partial charge in [-0.15, -0.1) is 0 Å². The van der Waals surface area contributed by atoms with Crippen molar-refractivity contribution in [2.75, 3.05) is 0 Å². The summed E-state index contributed by atoms with van der Waals surface area (Å²) >= 11 is 0. The van der Waals surface area contributed by atoms with E-state index in [0.29, 0.717) is 6.04 Å². The zero-order valence-electron chi connectivity index (χ0n) is 11.5. The third kappa shape index (κ3) is 2.79. The summed E-state index contributed by atoms with van der Waals surface area (Å²) in [5.74, 6) is 0. The van der Waals surface area contributed by atoms with Gasteiger partial charge >= 0.3 is 0 Å². The Balaban J connectivity index is 2.09. The Morgan fingerprint density at radius 1 is 1.17 bits per heavy atom. The third-order valence-corrected chi connectivity index (χ3v) is 3.52. The first-order valence-corrected chi connectivity index (χ1v) is 6.36. The summed E-state index contributed by atoms with van der Waals surface area (Å²) < 4.78 is 0. The number of rotatable bonds is 4. The van der Waals surface area contributed by atoms with Crippen molar-refractivity contribution in [1.29, 1.82) is 0 Å². The Morgan fingerprint density at radius 3 is 2.56 bits per heavy atom. The first-order valence-electron chi connectivity index (χ1n) is 6.36. The fourth-order valence-corrected chi connectivity index (χ4v) is 2.20. The molecule has 0 saturated carbocycles. The lowest BCUT2D eigenvalue weighted by atomic mass is 9.96. The Morgan fingerprint density at radius 2 is 1.89 bits per heavy atom. The van der Waals surface area contributed by atoms with Crippen molar-refractivity contribution >= 4 is 0 Å². The van der Waals surface area contributed by atoms with Crippen LogP contribution >= 0.6 is 0 Å². The Bertz CT molecular complexity index is 515. The zero-order chi connectivity index (χ0) is 13.1. The molecule has 1 aromatic carbocycles. The highest BCUT2D eigenvalue weighted by Gasteiger charge is 2.09. The van der Waals surface area contributed by atoms with Gasteiger partial charge in [0.2, 0.25) is 0 Å². The molecular weight excluding hydrogens is 222 g/mol. The summed E-state index contributed by atoms with van der Waals surface area (Å²) in [5, 5.41) is 10.3. The summed E-state index contributed by atoms with van der Waals surface area (Å²) in [6, 6.07) is 4.90. The molecule has 2 rings (SSSR count). The third-order valence-electron chi connectivity index (χ3n) is 3.52. The molecule has 2 N–H and O–H groups in total. The van der Waals surface area contributed by atoms with Gasteiger partial charge in [0.15, 0.2) is 0 Å². The topological polar surface area (TPSA) is 40.7 Å². The molecule has 0 saturated heterocycles. The average Bonchev–Trinajstić information content (AvgIpc) is 2.84. The van der Waals surface area contributed by atoms with Gasteiger partial charge in [0, 0.05) is 24.3 Å². The number of H-pyrrole nitrogens is 1. The van der Waals surface area contributed by atoms with E-state index in [0.717, 1.165) is 6.54 Å². The van der Waals surface area contributed by atoms with E-state index in [1.54, 1.807) is 0 Å². The van der Waals surface area contributed by atoms with Crippen molar-refractivity contribution in [3.8, 4) is 0 Å². The van der Waals surface area contributed by atoms with Crippen molar-refractivity contribution in [3.05, 3.63) is 52.3 Å². The van der Waals surface area contributed by atoms with Gasteiger partial charge in [0.05, 0.1) is 6.20 Å². The van der Waals surface area contributed by atoms with Crippen LogP contribution in [0.5, 0.6) is 0 Å². The summed E-state index contributed by atoms with van der Waals surface area (Å²) in [4.78, 5) is 0. The number of nitrogens with one attached hydrogen (secondary N) is 2. The molecule has 1 aromatic heterocycles. The maximum atomic E-state index is 3.95. The molecule has 0 radical (unpaired) electrons. The number of aromatic nitrogens is 2. The fraction of sp³-hybridized carbons (Fsp3) is 0.400. The van der Waals surface area contributed by atoms with Crippen LogP contribution in [0.15, 0.2) is 24.5 Å². The lowest BCUT2D eigenvalue weighted by molar-refractivity contribution is 0.572. The lowest BCUT2D eigenvalue weighted by Gasteiger charge is -2.18. The summed E-state index contributed by atoms with van der Waals surface area (Å²) in [6.07, 6.45) is 3.78. The summed E-state index contributed by atoms with van der Waals surface area (Å²) in [7, 11) is 0. The monoisotopic (exact) mass is 243 g/mol. The van der Waals surface area contributed by atoms with Crippen molar-refractivity contribution in [2.24, 2.45) is 0 Å². The first kappa shape index (κ1) is 12.8. The van der Waals surface area contributed by atoms with Gasteiger partial charge in [0.25, 0.3) is 0 Å². The molecule has 0 spiro atoms. The minimum Gasteiger partial charge on any atom is -0.306 e. The number of aromatic amines is 1.